The van der Waals surface area contributed by atoms with Crippen LogP contribution in [0.25, 0.3) is 22.4 Å². The van der Waals surface area contributed by atoms with Crippen LogP contribution in [-0.4, -0.2) is 32.8 Å². The fourth-order valence-electron chi connectivity index (χ4n) is 3.37. The molecule has 10 heteroatoms. The molecule has 2 aromatic carbocycles. The number of carbonyl (C=O) groups is 2. The number of amides is 2. The van der Waals surface area contributed by atoms with Gasteiger partial charge in [0.15, 0.2) is 0 Å². The predicted molar refractivity (Wildman–Crippen MR) is 115 cm³/mol. The van der Waals surface area contributed by atoms with Crippen molar-refractivity contribution >= 4 is 22.8 Å². The largest absolute Gasteiger partial charge is 0.416 e. The summed E-state index contributed by atoms with van der Waals surface area (Å²) < 4.78 is 38.9. The smallest absolute Gasteiger partial charge is 0.368 e. The number of imidazole rings is 1. The molecule has 2 amide bonds. The van der Waals surface area contributed by atoms with Crippen molar-refractivity contribution in [1.29, 1.82) is 0 Å². The Kier molecular flexibility index (Phi) is 5.82. The first kappa shape index (κ1) is 22.0. The van der Waals surface area contributed by atoms with Crippen molar-refractivity contribution < 1.29 is 22.8 Å². The molecule has 4 rings (SSSR count). The summed E-state index contributed by atoms with van der Waals surface area (Å²) in [5.74, 6) is -0.847. The van der Waals surface area contributed by atoms with E-state index in [1.165, 1.54) is 18.2 Å². The molecular weight excluding hydrogens is 435 g/mol. The summed E-state index contributed by atoms with van der Waals surface area (Å²) in [5.41, 5.74) is 7.07. The summed E-state index contributed by atoms with van der Waals surface area (Å²) in [5, 5.41) is 2.51. The van der Waals surface area contributed by atoms with Gasteiger partial charge in [-0.3, -0.25) is 14.6 Å². The van der Waals surface area contributed by atoms with E-state index >= 15 is 0 Å². The van der Waals surface area contributed by atoms with E-state index in [2.05, 4.69) is 20.3 Å². The fraction of sp³-hybridized carbons (Fsp3) is 0.130. The van der Waals surface area contributed by atoms with Gasteiger partial charge in [-0.15, -0.1) is 0 Å². The summed E-state index contributed by atoms with van der Waals surface area (Å²) in [6.45, 7) is 0. The lowest BCUT2D eigenvalue weighted by atomic mass is 10.0. The highest BCUT2D eigenvalue weighted by Gasteiger charge is 2.31. The maximum Gasteiger partial charge on any atom is 0.416 e. The number of aromatic nitrogens is 3. The average Bonchev–Trinajstić information content (AvgIpc) is 3.22. The van der Waals surface area contributed by atoms with Gasteiger partial charge in [0.1, 0.15) is 11.9 Å². The Morgan fingerprint density at radius 2 is 1.82 bits per heavy atom. The van der Waals surface area contributed by atoms with Crippen LogP contribution in [0.5, 0.6) is 0 Å². The van der Waals surface area contributed by atoms with Gasteiger partial charge in [0, 0.05) is 29.9 Å². The quantitative estimate of drug-likeness (QED) is 0.415. The molecule has 2 heterocycles. The van der Waals surface area contributed by atoms with Crippen LogP contribution >= 0.6 is 0 Å². The SMILES string of the molecule is NC(=O)C(Cc1cccc(C(F)(F)F)c1)NC(=O)c1ccc2nc(-c3ccncc3)[nH]c2c1. The Morgan fingerprint density at radius 3 is 2.52 bits per heavy atom. The molecule has 33 heavy (non-hydrogen) atoms. The lowest BCUT2D eigenvalue weighted by Gasteiger charge is -2.16. The zero-order chi connectivity index (χ0) is 23.6. The number of hydrogen-bond donors (Lipinski definition) is 3. The minimum atomic E-state index is -4.52. The van der Waals surface area contributed by atoms with E-state index in [0.717, 1.165) is 17.7 Å². The molecule has 0 aliphatic carbocycles. The minimum Gasteiger partial charge on any atom is -0.368 e. The Labute approximate surface area is 185 Å². The van der Waals surface area contributed by atoms with Crippen LogP contribution in [0.15, 0.2) is 67.0 Å². The number of primary amides is 1. The molecule has 0 radical (unpaired) electrons. The number of carbonyl (C=O) groups excluding carboxylic acids is 2. The highest BCUT2D eigenvalue weighted by molar-refractivity contribution is 6.00. The number of nitrogens with one attached hydrogen (secondary N) is 2. The molecule has 0 saturated carbocycles. The van der Waals surface area contributed by atoms with Crippen LogP contribution in [0.3, 0.4) is 0 Å². The maximum atomic E-state index is 13.0. The number of benzene rings is 2. The van der Waals surface area contributed by atoms with Gasteiger partial charge in [-0.25, -0.2) is 4.98 Å². The van der Waals surface area contributed by atoms with E-state index in [0.29, 0.717) is 16.9 Å². The molecule has 0 bridgehead atoms. The summed E-state index contributed by atoms with van der Waals surface area (Å²) in [6, 6.07) is 11.7. The van der Waals surface area contributed by atoms with Crippen molar-refractivity contribution in [3.63, 3.8) is 0 Å². The molecule has 7 nitrogen and oxygen atoms in total. The molecule has 2 aromatic heterocycles. The van der Waals surface area contributed by atoms with Gasteiger partial charge in [-0.2, -0.15) is 13.2 Å². The third-order valence-corrected chi connectivity index (χ3v) is 5.04. The molecular formula is C23H18F3N5O2. The molecule has 168 valence electrons. The second-order valence-electron chi connectivity index (χ2n) is 7.38. The zero-order valence-electron chi connectivity index (χ0n) is 17.1. The highest BCUT2D eigenvalue weighted by atomic mass is 19.4. The van der Waals surface area contributed by atoms with Crippen LogP contribution < -0.4 is 11.1 Å². The molecule has 4 aromatic rings. The molecule has 4 N–H and O–H groups in total. The molecule has 1 atom stereocenters. The number of pyridine rings is 1. The second kappa shape index (κ2) is 8.73. The highest BCUT2D eigenvalue weighted by Crippen LogP contribution is 2.29. The lowest BCUT2D eigenvalue weighted by molar-refractivity contribution is -0.137. The van der Waals surface area contributed by atoms with E-state index in [4.69, 9.17) is 5.73 Å². The van der Waals surface area contributed by atoms with Crippen molar-refractivity contribution in [2.75, 3.05) is 0 Å². The third kappa shape index (κ3) is 5.00. The second-order valence-corrected chi connectivity index (χ2v) is 7.38. The van der Waals surface area contributed by atoms with E-state index in [1.807, 2.05) is 0 Å². The number of H-pyrrole nitrogens is 1. The third-order valence-electron chi connectivity index (χ3n) is 5.04. The van der Waals surface area contributed by atoms with Gasteiger partial charge in [-0.05, 0) is 42.0 Å². The first-order valence-electron chi connectivity index (χ1n) is 9.87. The molecule has 0 fully saturated rings. The Balaban J connectivity index is 1.53. The van der Waals surface area contributed by atoms with Crippen LogP contribution in [0, 0.1) is 0 Å². The van der Waals surface area contributed by atoms with Crippen molar-refractivity contribution in [1.82, 2.24) is 20.3 Å². The number of nitrogens with two attached hydrogens (primary N) is 1. The van der Waals surface area contributed by atoms with Gasteiger partial charge in [0.05, 0.1) is 16.6 Å². The van der Waals surface area contributed by atoms with E-state index in [1.54, 1.807) is 36.7 Å². The van der Waals surface area contributed by atoms with Crippen LogP contribution in [0.2, 0.25) is 0 Å². The van der Waals surface area contributed by atoms with Gasteiger partial charge < -0.3 is 16.0 Å². The molecule has 0 spiro atoms. The predicted octanol–water partition coefficient (Wildman–Crippen LogP) is 3.47. The van der Waals surface area contributed by atoms with E-state index < -0.39 is 29.6 Å². The topological polar surface area (TPSA) is 114 Å². The van der Waals surface area contributed by atoms with Gasteiger partial charge >= 0.3 is 6.18 Å². The number of alkyl halides is 3. The fourth-order valence-corrected chi connectivity index (χ4v) is 3.37. The monoisotopic (exact) mass is 453 g/mol. The molecule has 0 aliphatic heterocycles. The molecule has 0 aliphatic rings. The average molecular weight is 453 g/mol. The summed E-state index contributed by atoms with van der Waals surface area (Å²) >= 11 is 0. The lowest BCUT2D eigenvalue weighted by Crippen LogP contribution is -2.45. The summed E-state index contributed by atoms with van der Waals surface area (Å²) in [4.78, 5) is 36.2. The number of halogens is 3. The van der Waals surface area contributed by atoms with Crippen molar-refractivity contribution in [2.45, 2.75) is 18.6 Å². The summed E-state index contributed by atoms with van der Waals surface area (Å²) in [6.07, 6.45) is -1.43. The number of aromatic amines is 1. The Morgan fingerprint density at radius 1 is 1.06 bits per heavy atom. The first-order valence-corrected chi connectivity index (χ1v) is 9.87. The minimum absolute atomic E-state index is 0.177. The van der Waals surface area contributed by atoms with Crippen molar-refractivity contribution in [3.05, 3.63) is 83.7 Å². The first-order chi connectivity index (χ1) is 15.7. The van der Waals surface area contributed by atoms with Crippen LogP contribution in [0.4, 0.5) is 13.2 Å². The molecule has 1 unspecified atom stereocenters. The molecule has 0 saturated heterocycles. The zero-order valence-corrected chi connectivity index (χ0v) is 17.1. The number of fused-ring (bicyclic) bond motifs is 1. The summed E-state index contributed by atoms with van der Waals surface area (Å²) in [7, 11) is 0. The Hall–Kier alpha value is -4.21. The van der Waals surface area contributed by atoms with E-state index in [-0.39, 0.29) is 17.5 Å². The van der Waals surface area contributed by atoms with Gasteiger partial charge in [0.25, 0.3) is 5.91 Å². The number of hydrogen-bond acceptors (Lipinski definition) is 4. The van der Waals surface area contributed by atoms with Crippen LogP contribution in [0.1, 0.15) is 21.5 Å². The normalized spacial score (nSPS) is 12.5. The van der Waals surface area contributed by atoms with Crippen LogP contribution in [-0.2, 0) is 17.4 Å². The standard InChI is InChI=1S/C23H18F3N5O2/c24-23(25,26)16-3-1-2-13(10-16)11-19(20(27)32)31-22(33)15-4-5-17-18(12-15)30-21(29-17)14-6-8-28-9-7-14/h1-10,12,19H,11H2,(H2,27,32)(H,29,30)(H,31,33). The van der Waals surface area contributed by atoms with Crippen molar-refractivity contribution in [2.24, 2.45) is 5.73 Å². The van der Waals surface area contributed by atoms with E-state index in [9.17, 15) is 22.8 Å². The maximum absolute atomic E-state index is 13.0. The van der Waals surface area contributed by atoms with Crippen molar-refractivity contribution in [3.8, 4) is 11.4 Å². The Bertz CT molecular complexity index is 1320. The van der Waals surface area contributed by atoms with Gasteiger partial charge in [0.2, 0.25) is 5.91 Å². The van der Waals surface area contributed by atoms with Gasteiger partial charge in [-0.1, -0.05) is 18.2 Å². The number of nitrogens with zero attached hydrogens (tertiary/aromatic N) is 2. The number of rotatable bonds is 6.